The SMILES string of the molecule is O/N=C(\Br)c1cccnc1. The summed E-state index contributed by atoms with van der Waals surface area (Å²) in [5.41, 5.74) is 0.755. The highest BCUT2D eigenvalue weighted by Crippen LogP contribution is 2.03. The standard InChI is InChI=1S/C6H5BrN2O/c7-6(9-10)5-2-1-3-8-4-5/h1-4,10H/b9-6-. The molecule has 4 heteroatoms. The van der Waals surface area contributed by atoms with Crippen molar-refractivity contribution in [2.24, 2.45) is 5.16 Å². The molecule has 0 radical (unpaired) electrons. The minimum absolute atomic E-state index is 0.389. The quantitative estimate of drug-likeness (QED) is 0.426. The third kappa shape index (κ3) is 1.54. The molecule has 1 aromatic rings. The second-order valence-corrected chi connectivity index (χ2v) is 2.38. The summed E-state index contributed by atoms with van der Waals surface area (Å²) >= 11 is 3.04. The van der Waals surface area contributed by atoms with Gasteiger partial charge in [0.1, 0.15) is 0 Å². The van der Waals surface area contributed by atoms with Crippen LogP contribution >= 0.6 is 15.9 Å². The summed E-state index contributed by atoms with van der Waals surface area (Å²) in [4.78, 5) is 3.83. The molecule has 0 aliphatic rings. The van der Waals surface area contributed by atoms with Crippen molar-refractivity contribution in [1.29, 1.82) is 0 Å². The summed E-state index contributed by atoms with van der Waals surface area (Å²) in [6.07, 6.45) is 3.25. The number of hydrogen-bond acceptors (Lipinski definition) is 3. The van der Waals surface area contributed by atoms with Crippen LogP contribution in [0.5, 0.6) is 0 Å². The Hall–Kier alpha value is -0.900. The number of pyridine rings is 1. The Morgan fingerprint density at radius 2 is 2.50 bits per heavy atom. The van der Waals surface area contributed by atoms with Gasteiger partial charge in [0.05, 0.1) is 0 Å². The third-order valence-corrected chi connectivity index (χ3v) is 1.60. The molecule has 0 aromatic carbocycles. The monoisotopic (exact) mass is 200 g/mol. The molecule has 0 aliphatic heterocycles. The molecule has 0 saturated heterocycles. The van der Waals surface area contributed by atoms with Crippen molar-refractivity contribution in [1.82, 2.24) is 4.98 Å². The lowest BCUT2D eigenvalue weighted by Gasteiger charge is -1.91. The molecule has 0 fully saturated rings. The van der Waals surface area contributed by atoms with Gasteiger partial charge in [-0.15, -0.1) is 0 Å². The summed E-state index contributed by atoms with van der Waals surface area (Å²) in [7, 11) is 0. The number of nitrogens with zero attached hydrogens (tertiary/aromatic N) is 2. The second-order valence-electron chi connectivity index (χ2n) is 1.63. The number of hydrogen-bond donors (Lipinski definition) is 1. The molecule has 0 aliphatic carbocycles. The van der Waals surface area contributed by atoms with Crippen molar-refractivity contribution in [3.8, 4) is 0 Å². The van der Waals surface area contributed by atoms with Gasteiger partial charge in [-0.1, -0.05) is 5.16 Å². The van der Waals surface area contributed by atoms with E-state index in [0.717, 1.165) is 5.56 Å². The molecule has 0 unspecified atom stereocenters. The van der Waals surface area contributed by atoms with Crippen LogP contribution in [0.4, 0.5) is 0 Å². The second kappa shape index (κ2) is 3.31. The van der Waals surface area contributed by atoms with Crippen LogP contribution in [0.25, 0.3) is 0 Å². The third-order valence-electron chi connectivity index (χ3n) is 0.988. The first-order chi connectivity index (χ1) is 4.84. The zero-order chi connectivity index (χ0) is 7.40. The molecule has 1 N–H and O–H groups in total. The van der Waals surface area contributed by atoms with E-state index in [1.165, 1.54) is 0 Å². The van der Waals surface area contributed by atoms with Crippen molar-refractivity contribution in [2.45, 2.75) is 0 Å². The highest BCUT2D eigenvalue weighted by molar-refractivity contribution is 9.18. The molecule has 1 heterocycles. The lowest BCUT2D eigenvalue weighted by molar-refractivity contribution is 0.321. The minimum atomic E-state index is 0.389. The Kier molecular flexibility index (Phi) is 2.39. The maximum absolute atomic E-state index is 8.30. The van der Waals surface area contributed by atoms with Gasteiger partial charge >= 0.3 is 0 Å². The Labute approximate surface area is 66.5 Å². The lowest BCUT2D eigenvalue weighted by atomic mass is 10.3. The predicted molar refractivity (Wildman–Crippen MR) is 41.5 cm³/mol. The summed E-state index contributed by atoms with van der Waals surface area (Å²) in [5, 5.41) is 11.3. The van der Waals surface area contributed by atoms with Gasteiger partial charge in [-0.05, 0) is 28.1 Å². The van der Waals surface area contributed by atoms with Crippen molar-refractivity contribution >= 4 is 20.6 Å². The van der Waals surface area contributed by atoms with Crippen LogP contribution < -0.4 is 0 Å². The molecule has 0 bridgehead atoms. The van der Waals surface area contributed by atoms with E-state index in [-0.39, 0.29) is 0 Å². The van der Waals surface area contributed by atoms with Gasteiger partial charge < -0.3 is 5.21 Å². The van der Waals surface area contributed by atoms with Crippen molar-refractivity contribution in [2.75, 3.05) is 0 Å². The predicted octanol–water partition coefficient (Wildman–Crippen LogP) is 1.61. The van der Waals surface area contributed by atoms with Gasteiger partial charge in [-0.3, -0.25) is 4.98 Å². The van der Waals surface area contributed by atoms with E-state index in [9.17, 15) is 0 Å². The molecule has 0 spiro atoms. The lowest BCUT2D eigenvalue weighted by Crippen LogP contribution is -1.89. The number of oxime groups is 1. The van der Waals surface area contributed by atoms with E-state index < -0.39 is 0 Å². The van der Waals surface area contributed by atoms with Crippen LogP contribution in [0.3, 0.4) is 0 Å². The number of halogens is 1. The van der Waals surface area contributed by atoms with E-state index in [0.29, 0.717) is 4.62 Å². The minimum Gasteiger partial charge on any atom is -0.410 e. The van der Waals surface area contributed by atoms with Gasteiger partial charge in [0.15, 0.2) is 4.62 Å². The molecule has 1 rings (SSSR count). The van der Waals surface area contributed by atoms with Gasteiger partial charge in [0, 0.05) is 18.0 Å². The Bertz CT molecular complexity index is 235. The van der Waals surface area contributed by atoms with Crippen molar-refractivity contribution in [3.05, 3.63) is 30.1 Å². The molecule has 0 amide bonds. The molecule has 0 saturated carbocycles. The molecule has 0 atom stereocenters. The average molecular weight is 201 g/mol. The summed E-state index contributed by atoms with van der Waals surface area (Å²) in [5.74, 6) is 0. The van der Waals surface area contributed by atoms with Gasteiger partial charge in [-0.2, -0.15) is 0 Å². The maximum Gasteiger partial charge on any atom is 0.153 e. The van der Waals surface area contributed by atoms with E-state index >= 15 is 0 Å². The van der Waals surface area contributed by atoms with Gasteiger partial charge in [0.2, 0.25) is 0 Å². The van der Waals surface area contributed by atoms with Gasteiger partial charge in [-0.25, -0.2) is 0 Å². The average Bonchev–Trinajstić information content (AvgIpc) is 2.05. The summed E-state index contributed by atoms with van der Waals surface area (Å²) in [6.45, 7) is 0. The zero-order valence-corrected chi connectivity index (χ0v) is 6.62. The fourth-order valence-corrected chi connectivity index (χ4v) is 0.777. The van der Waals surface area contributed by atoms with Crippen LogP contribution in [-0.4, -0.2) is 14.8 Å². The van der Waals surface area contributed by atoms with E-state index in [1.54, 1.807) is 24.5 Å². The Balaban J connectivity index is 2.96. The van der Waals surface area contributed by atoms with E-state index in [2.05, 4.69) is 26.1 Å². The van der Waals surface area contributed by atoms with Crippen LogP contribution in [0, 0.1) is 0 Å². The smallest absolute Gasteiger partial charge is 0.153 e. The van der Waals surface area contributed by atoms with E-state index in [4.69, 9.17) is 5.21 Å². The molecule has 52 valence electrons. The fourth-order valence-electron chi connectivity index (χ4n) is 0.543. The highest BCUT2D eigenvalue weighted by Gasteiger charge is 1.95. The van der Waals surface area contributed by atoms with Crippen molar-refractivity contribution in [3.63, 3.8) is 0 Å². The van der Waals surface area contributed by atoms with E-state index in [1.807, 2.05) is 0 Å². The molecule has 3 nitrogen and oxygen atoms in total. The zero-order valence-electron chi connectivity index (χ0n) is 5.03. The van der Waals surface area contributed by atoms with Crippen LogP contribution in [0.1, 0.15) is 5.56 Å². The summed E-state index contributed by atoms with van der Waals surface area (Å²) in [6, 6.07) is 3.55. The number of aromatic nitrogens is 1. The molecule has 1 aromatic heterocycles. The largest absolute Gasteiger partial charge is 0.410 e. The fraction of sp³-hybridized carbons (Fsp3) is 0. The van der Waals surface area contributed by atoms with Crippen LogP contribution in [-0.2, 0) is 0 Å². The number of rotatable bonds is 1. The maximum atomic E-state index is 8.30. The van der Waals surface area contributed by atoms with Crippen molar-refractivity contribution < 1.29 is 5.21 Å². The first-order valence-electron chi connectivity index (χ1n) is 2.62. The topological polar surface area (TPSA) is 45.5 Å². The summed E-state index contributed by atoms with van der Waals surface area (Å²) < 4.78 is 0.389. The van der Waals surface area contributed by atoms with Crippen LogP contribution in [0.2, 0.25) is 0 Å². The highest BCUT2D eigenvalue weighted by atomic mass is 79.9. The Morgan fingerprint density at radius 1 is 1.70 bits per heavy atom. The van der Waals surface area contributed by atoms with Gasteiger partial charge in [0.25, 0.3) is 0 Å². The normalized spacial score (nSPS) is 11.5. The molecule has 10 heavy (non-hydrogen) atoms. The first kappa shape index (κ1) is 7.21. The molecular formula is C6H5BrN2O. The van der Waals surface area contributed by atoms with Crippen LogP contribution in [0.15, 0.2) is 29.7 Å². The first-order valence-corrected chi connectivity index (χ1v) is 3.42. The Morgan fingerprint density at radius 3 is 3.00 bits per heavy atom. The molecular weight excluding hydrogens is 196 g/mol.